The lowest BCUT2D eigenvalue weighted by Gasteiger charge is -2.31. The zero-order chi connectivity index (χ0) is 12.9. The number of nitrogens with one attached hydrogen (secondary N) is 1. The van der Waals surface area contributed by atoms with Gasteiger partial charge in [0.2, 0.25) is 0 Å². The van der Waals surface area contributed by atoms with E-state index in [1.165, 1.54) is 25.7 Å². The third-order valence-corrected chi connectivity index (χ3v) is 5.81. The van der Waals surface area contributed by atoms with Crippen molar-refractivity contribution >= 4 is 10.8 Å². The Morgan fingerprint density at radius 3 is 2.41 bits per heavy atom. The average Bonchev–Trinajstić information content (AvgIpc) is 2.49. The van der Waals surface area contributed by atoms with Crippen LogP contribution in [0, 0.1) is 0 Å². The first-order valence-corrected chi connectivity index (χ1v) is 8.32. The maximum absolute atomic E-state index is 12.6. The molecule has 1 aliphatic carbocycles. The Hall–Kier alpha value is 0.110. The number of hydrogen-bond donors (Lipinski definition) is 1. The molecule has 0 saturated heterocycles. The first-order valence-electron chi connectivity index (χ1n) is 7.11. The van der Waals surface area contributed by atoms with Crippen molar-refractivity contribution in [2.75, 3.05) is 6.54 Å². The first-order chi connectivity index (χ1) is 7.96. The second kappa shape index (κ2) is 6.89. The third-order valence-electron chi connectivity index (χ3n) is 3.49. The molecule has 0 aromatic rings. The minimum absolute atomic E-state index is 0.0822. The summed E-state index contributed by atoms with van der Waals surface area (Å²) >= 11 is 0. The maximum Gasteiger partial charge on any atom is 0.0506 e. The zero-order valence-corrected chi connectivity index (χ0v) is 12.7. The van der Waals surface area contributed by atoms with Gasteiger partial charge in [0, 0.05) is 21.6 Å². The van der Waals surface area contributed by atoms with E-state index in [-0.39, 0.29) is 4.75 Å². The Labute approximate surface area is 109 Å². The van der Waals surface area contributed by atoms with Crippen molar-refractivity contribution in [3.8, 4) is 0 Å². The van der Waals surface area contributed by atoms with Crippen LogP contribution in [0.4, 0.5) is 0 Å². The molecule has 0 amide bonds. The summed E-state index contributed by atoms with van der Waals surface area (Å²) in [5.74, 6) is 0. The van der Waals surface area contributed by atoms with E-state index in [4.69, 9.17) is 0 Å². The maximum atomic E-state index is 12.6. The van der Waals surface area contributed by atoms with Gasteiger partial charge in [-0.1, -0.05) is 26.2 Å². The fourth-order valence-electron chi connectivity index (χ4n) is 2.55. The molecular weight excluding hydrogens is 230 g/mol. The highest BCUT2D eigenvalue weighted by Crippen LogP contribution is 2.27. The molecule has 0 aromatic heterocycles. The highest BCUT2D eigenvalue weighted by atomic mass is 32.2. The minimum atomic E-state index is -0.731. The summed E-state index contributed by atoms with van der Waals surface area (Å²) in [5, 5.41) is 3.97. The second-order valence-corrected chi connectivity index (χ2v) is 8.57. The van der Waals surface area contributed by atoms with Gasteiger partial charge < -0.3 is 5.32 Å². The molecule has 3 atom stereocenters. The summed E-state index contributed by atoms with van der Waals surface area (Å²) in [6.07, 6.45) is 7.33. The van der Waals surface area contributed by atoms with Gasteiger partial charge in [-0.05, 0) is 46.6 Å². The molecule has 0 bridgehead atoms. The van der Waals surface area contributed by atoms with Crippen molar-refractivity contribution in [2.24, 2.45) is 0 Å². The lowest BCUT2D eigenvalue weighted by molar-refractivity contribution is 0.458. The van der Waals surface area contributed by atoms with Crippen LogP contribution in [0.5, 0.6) is 0 Å². The van der Waals surface area contributed by atoms with Crippen LogP contribution in [0.1, 0.15) is 66.2 Å². The molecule has 0 aromatic carbocycles. The Balaban J connectivity index is 2.71. The Morgan fingerprint density at radius 2 is 1.82 bits per heavy atom. The van der Waals surface area contributed by atoms with Crippen LogP contribution in [0.15, 0.2) is 0 Å². The van der Waals surface area contributed by atoms with Crippen LogP contribution in [-0.4, -0.2) is 26.8 Å². The Morgan fingerprint density at radius 1 is 1.18 bits per heavy atom. The van der Waals surface area contributed by atoms with Gasteiger partial charge in [0.25, 0.3) is 0 Å². The second-order valence-electron chi connectivity index (χ2n) is 6.15. The topological polar surface area (TPSA) is 29.1 Å². The molecule has 1 rings (SSSR count). The molecule has 17 heavy (non-hydrogen) atoms. The summed E-state index contributed by atoms with van der Waals surface area (Å²) in [6, 6.07) is 0.470. The molecule has 1 N–H and O–H groups in total. The van der Waals surface area contributed by atoms with Crippen molar-refractivity contribution in [2.45, 2.75) is 82.3 Å². The van der Waals surface area contributed by atoms with Crippen molar-refractivity contribution < 1.29 is 4.21 Å². The largest absolute Gasteiger partial charge is 0.313 e. The van der Waals surface area contributed by atoms with Crippen molar-refractivity contribution in [3.05, 3.63) is 0 Å². The third kappa shape index (κ3) is 4.70. The Kier molecular flexibility index (Phi) is 6.14. The van der Waals surface area contributed by atoms with Crippen LogP contribution in [0.2, 0.25) is 0 Å². The molecule has 0 spiro atoms. The molecular formula is C14H29NOS. The summed E-state index contributed by atoms with van der Waals surface area (Å²) < 4.78 is 12.5. The fourth-order valence-corrected chi connectivity index (χ4v) is 4.37. The fraction of sp³-hybridized carbons (Fsp3) is 1.00. The van der Waals surface area contributed by atoms with Crippen LogP contribution >= 0.6 is 0 Å². The standard InChI is InChI=1S/C14H29NOS/c1-5-11-15-12-9-7-6-8-10-13(12)17(16)14(2,3)4/h12-13,15H,5-11H2,1-4H3. The molecule has 0 heterocycles. The summed E-state index contributed by atoms with van der Waals surface area (Å²) in [5.41, 5.74) is 0. The van der Waals surface area contributed by atoms with Gasteiger partial charge in [0.15, 0.2) is 0 Å². The highest BCUT2D eigenvalue weighted by molar-refractivity contribution is 7.87. The van der Waals surface area contributed by atoms with Gasteiger partial charge in [-0.2, -0.15) is 0 Å². The van der Waals surface area contributed by atoms with Crippen LogP contribution in [0.25, 0.3) is 0 Å². The van der Waals surface area contributed by atoms with Gasteiger partial charge in [-0.15, -0.1) is 0 Å². The van der Waals surface area contributed by atoms with E-state index >= 15 is 0 Å². The summed E-state index contributed by atoms with van der Waals surface area (Å²) in [7, 11) is -0.731. The van der Waals surface area contributed by atoms with E-state index in [9.17, 15) is 4.21 Å². The molecule has 3 unspecified atom stereocenters. The molecule has 0 radical (unpaired) electrons. The van der Waals surface area contributed by atoms with E-state index in [0.29, 0.717) is 11.3 Å². The number of hydrogen-bond acceptors (Lipinski definition) is 2. The SMILES string of the molecule is CCCNC1CCCCCC1S(=O)C(C)(C)C. The van der Waals surface area contributed by atoms with Crippen molar-refractivity contribution in [1.82, 2.24) is 5.32 Å². The van der Waals surface area contributed by atoms with Crippen molar-refractivity contribution in [1.29, 1.82) is 0 Å². The van der Waals surface area contributed by atoms with E-state index in [1.54, 1.807) is 0 Å². The number of rotatable bonds is 4. The van der Waals surface area contributed by atoms with Gasteiger partial charge >= 0.3 is 0 Å². The molecule has 102 valence electrons. The van der Waals surface area contributed by atoms with E-state index in [1.807, 2.05) is 0 Å². The summed E-state index contributed by atoms with van der Waals surface area (Å²) in [4.78, 5) is 0. The predicted molar refractivity (Wildman–Crippen MR) is 76.9 cm³/mol. The smallest absolute Gasteiger partial charge is 0.0506 e. The van der Waals surface area contributed by atoms with Gasteiger partial charge in [-0.3, -0.25) is 4.21 Å². The first kappa shape index (κ1) is 15.2. The van der Waals surface area contributed by atoms with Crippen molar-refractivity contribution in [3.63, 3.8) is 0 Å². The van der Waals surface area contributed by atoms with E-state index in [2.05, 4.69) is 33.0 Å². The predicted octanol–water partition coefficient (Wildman–Crippen LogP) is 3.23. The summed E-state index contributed by atoms with van der Waals surface area (Å²) in [6.45, 7) is 9.56. The van der Waals surface area contributed by atoms with Crippen LogP contribution < -0.4 is 5.32 Å². The minimum Gasteiger partial charge on any atom is -0.313 e. The zero-order valence-electron chi connectivity index (χ0n) is 11.9. The molecule has 1 aliphatic rings. The van der Waals surface area contributed by atoms with Gasteiger partial charge in [0.1, 0.15) is 0 Å². The highest BCUT2D eigenvalue weighted by Gasteiger charge is 2.34. The quantitative estimate of drug-likeness (QED) is 0.785. The van der Waals surface area contributed by atoms with Gasteiger partial charge in [-0.25, -0.2) is 0 Å². The molecule has 1 fully saturated rings. The lowest BCUT2D eigenvalue weighted by Crippen LogP contribution is -2.46. The molecule has 0 aliphatic heterocycles. The van der Waals surface area contributed by atoms with Crippen LogP contribution in [0.3, 0.4) is 0 Å². The average molecular weight is 259 g/mol. The van der Waals surface area contributed by atoms with Gasteiger partial charge in [0.05, 0.1) is 5.25 Å². The van der Waals surface area contributed by atoms with Crippen LogP contribution in [-0.2, 0) is 10.8 Å². The van der Waals surface area contributed by atoms with E-state index in [0.717, 1.165) is 19.4 Å². The monoisotopic (exact) mass is 259 g/mol. The Bertz CT molecular complexity index is 247. The van der Waals surface area contributed by atoms with E-state index < -0.39 is 10.8 Å². The lowest BCUT2D eigenvalue weighted by atomic mass is 10.1. The normalized spacial score (nSPS) is 28.7. The molecule has 3 heteroatoms. The molecule has 1 saturated carbocycles. The molecule has 2 nitrogen and oxygen atoms in total.